The Morgan fingerprint density at radius 3 is 2.53 bits per heavy atom. The first-order chi connectivity index (χ1) is 9.02. The van der Waals surface area contributed by atoms with Crippen molar-refractivity contribution in [1.82, 2.24) is 10.3 Å². The minimum absolute atomic E-state index is 0.371. The van der Waals surface area contributed by atoms with Gasteiger partial charge in [-0.2, -0.15) is 0 Å². The van der Waals surface area contributed by atoms with Crippen LogP contribution in [0.4, 0.5) is 4.39 Å². The Balaban J connectivity index is 2.52. The molecule has 2 nitrogen and oxygen atoms in total. The molecular weight excluding hydrogens is 310 g/mol. The van der Waals surface area contributed by atoms with Gasteiger partial charge in [-0.3, -0.25) is 4.98 Å². The summed E-state index contributed by atoms with van der Waals surface area (Å²) in [6.07, 6.45) is 1.49. The minimum atomic E-state index is -0.409. The zero-order valence-corrected chi connectivity index (χ0v) is 12.2. The van der Waals surface area contributed by atoms with Gasteiger partial charge in [0.25, 0.3) is 0 Å². The van der Waals surface area contributed by atoms with E-state index in [1.165, 1.54) is 24.4 Å². The second kappa shape index (κ2) is 6.06. The summed E-state index contributed by atoms with van der Waals surface area (Å²) in [6.45, 7) is 0. The van der Waals surface area contributed by atoms with Crippen molar-refractivity contribution in [2.24, 2.45) is 0 Å². The van der Waals surface area contributed by atoms with Crippen molar-refractivity contribution in [3.63, 3.8) is 0 Å². The molecule has 1 N–H and O–H groups in total. The monoisotopic (exact) mass is 318 g/mol. The van der Waals surface area contributed by atoms with Crippen LogP contribution in [0.3, 0.4) is 0 Å². The SMILES string of the molecule is CNC(c1cc(F)ccc1Cl)c1ncc(Cl)cc1Cl. The number of nitrogens with one attached hydrogen (secondary N) is 1. The Bertz CT molecular complexity index is 604. The van der Waals surface area contributed by atoms with Crippen LogP contribution in [0.1, 0.15) is 17.3 Å². The lowest BCUT2D eigenvalue weighted by Crippen LogP contribution is -2.20. The van der Waals surface area contributed by atoms with Gasteiger partial charge in [0.05, 0.1) is 21.8 Å². The number of halogens is 4. The number of hydrogen-bond acceptors (Lipinski definition) is 2. The minimum Gasteiger partial charge on any atom is -0.308 e. The average molecular weight is 320 g/mol. The summed E-state index contributed by atoms with van der Waals surface area (Å²) in [5, 5.41) is 4.29. The molecule has 0 fully saturated rings. The zero-order chi connectivity index (χ0) is 14.0. The maximum atomic E-state index is 13.4. The fourth-order valence-electron chi connectivity index (χ4n) is 1.81. The van der Waals surface area contributed by atoms with Crippen molar-refractivity contribution in [1.29, 1.82) is 0 Å². The standard InChI is InChI=1S/C13H10Cl3FN2/c1-18-12(9-5-8(17)2-3-10(9)15)13-11(16)4-7(14)6-19-13/h2-6,12,18H,1H3. The van der Waals surface area contributed by atoms with Gasteiger partial charge in [-0.05, 0) is 36.9 Å². The van der Waals surface area contributed by atoms with Crippen LogP contribution in [0.5, 0.6) is 0 Å². The van der Waals surface area contributed by atoms with Crippen molar-refractivity contribution >= 4 is 34.8 Å². The topological polar surface area (TPSA) is 24.9 Å². The van der Waals surface area contributed by atoms with E-state index in [1.54, 1.807) is 13.1 Å². The van der Waals surface area contributed by atoms with E-state index in [1.807, 2.05) is 0 Å². The first-order valence-corrected chi connectivity index (χ1v) is 6.59. The number of aromatic nitrogens is 1. The second-order valence-electron chi connectivity index (χ2n) is 3.91. The molecule has 0 aliphatic rings. The third-order valence-electron chi connectivity index (χ3n) is 2.67. The molecule has 19 heavy (non-hydrogen) atoms. The maximum Gasteiger partial charge on any atom is 0.123 e. The van der Waals surface area contributed by atoms with E-state index >= 15 is 0 Å². The highest BCUT2D eigenvalue weighted by Gasteiger charge is 2.20. The van der Waals surface area contributed by atoms with E-state index in [2.05, 4.69) is 10.3 Å². The Morgan fingerprint density at radius 2 is 1.89 bits per heavy atom. The molecule has 1 aromatic carbocycles. The summed E-state index contributed by atoms with van der Waals surface area (Å²) in [4.78, 5) is 4.19. The number of pyridine rings is 1. The molecule has 0 bridgehead atoms. The number of nitrogens with zero attached hydrogens (tertiary/aromatic N) is 1. The van der Waals surface area contributed by atoms with Gasteiger partial charge >= 0.3 is 0 Å². The maximum absolute atomic E-state index is 13.4. The predicted octanol–water partition coefficient (Wildman–Crippen LogP) is 4.49. The molecule has 1 atom stereocenters. The lowest BCUT2D eigenvalue weighted by Gasteiger charge is -2.18. The molecule has 0 amide bonds. The Morgan fingerprint density at radius 1 is 1.16 bits per heavy atom. The fourth-order valence-corrected chi connectivity index (χ4v) is 2.53. The van der Waals surface area contributed by atoms with Gasteiger partial charge in [0.15, 0.2) is 0 Å². The van der Waals surface area contributed by atoms with Gasteiger partial charge in [-0.15, -0.1) is 0 Å². The Labute approximate surface area is 125 Å². The van der Waals surface area contributed by atoms with Crippen molar-refractivity contribution in [2.45, 2.75) is 6.04 Å². The van der Waals surface area contributed by atoms with Gasteiger partial charge in [0.1, 0.15) is 5.82 Å². The normalized spacial score (nSPS) is 12.5. The van der Waals surface area contributed by atoms with E-state index in [9.17, 15) is 4.39 Å². The molecular formula is C13H10Cl3FN2. The number of rotatable bonds is 3. The molecule has 0 radical (unpaired) electrons. The molecule has 0 saturated carbocycles. The van der Waals surface area contributed by atoms with Crippen molar-refractivity contribution in [3.05, 3.63) is 62.6 Å². The van der Waals surface area contributed by atoms with Crippen LogP contribution in [-0.2, 0) is 0 Å². The zero-order valence-electron chi connectivity index (χ0n) is 9.92. The van der Waals surface area contributed by atoms with Crippen molar-refractivity contribution in [2.75, 3.05) is 7.05 Å². The summed E-state index contributed by atoms with van der Waals surface area (Å²) in [6, 6.07) is 5.34. The summed E-state index contributed by atoms with van der Waals surface area (Å²) in [5.74, 6) is -0.371. The highest BCUT2D eigenvalue weighted by Crippen LogP contribution is 2.32. The summed E-state index contributed by atoms with van der Waals surface area (Å²) >= 11 is 18.0. The largest absolute Gasteiger partial charge is 0.308 e. The van der Waals surface area contributed by atoms with Gasteiger partial charge < -0.3 is 5.32 Å². The smallest absolute Gasteiger partial charge is 0.123 e. The summed E-state index contributed by atoms with van der Waals surface area (Å²) in [5.41, 5.74) is 1.11. The first-order valence-electron chi connectivity index (χ1n) is 5.46. The number of benzene rings is 1. The third kappa shape index (κ3) is 3.18. The molecule has 100 valence electrons. The Hall–Kier alpha value is -0.870. The lowest BCUT2D eigenvalue weighted by molar-refractivity contribution is 0.614. The highest BCUT2D eigenvalue weighted by molar-refractivity contribution is 6.35. The first kappa shape index (κ1) is 14.5. The average Bonchev–Trinajstić information content (AvgIpc) is 2.36. The number of hydrogen-bond donors (Lipinski definition) is 1. The highest BCUT2D eigenvalue weighted by atomic mass is 35.5. The van der Waals surface area contributed by atoms with Gasteiger partial charge in [-0.1, -0.05) is 34.8 Å². The van der Waals surface area contributed by atoms with Crippen LogP contribution in [-0.4, -0.2) is 12.0 Å². The van der Waals surface area contributed by atoms with Crippen LogP contribution >= 0.6 is 34.8 Å². The van der Waals surface area contributed by atoms with E-state index in [0.29, 0.717) is 26.3 Å². The van der Waals surface area contributed by atoms with E-state index in [4.69, 9.17) is 34.8 Å². The van der Waals surface area contributed by atoms with E-state index in [0.717, 1.165) is 0 Å². The Kier molecular flexibility index (Phi) is 4.63. The molecule has 0 spiro atoms. The van der Waals surface area contributed by atoms with Gasteiger partial charge in [0, 0.05) is 11.2 Å². The lowest BCUT2D eigenvalue weighted by atomic mass is 10.0. The predicted molar refractivity (Wildman–Crippen MR) is 76.6 cm³/mol. The van der Waals surface area contributed by atoms with Crippen LogP contribution in [0.2, 0.25) is 15.1 Å². The molecule has 2 aromatic rings. The molecule has 0 aliphatic carbocycles. The van der Waals surface area contributed by atoms with E-state index in [-0.39, 0.29) is 5.82 Å². The van der Waals surface area contributed by atoms with Crippen LogP contribution in [0.15, 0.2) is 30.5 Å². The van der Waals surface area contributed by atoms with Crippen molar-refractivity contribution < 1.29 is 4.39 Å². The second-order valence-corrected chi connectivity index (χ2v) is 5.16. The summed E-state index contributed by atoms with van der Waals surface area (Å²) < 4.78 is 13.4. The van der Waals surface area contributed by atoms with Crippen LogP contribution in [0.25, 0.3) is 0 Å². The summed E-state index contributed by atoms with van der Waals surface area (Å²) in [7, 11) is 1.72. The van der Waals surface area contributed by atoms with E-state index < -0.39 is 6.04 Å². The molecule has 2 rings (SSSR count). The third-order valence-corrected chi connectivity index (χ3v) is 3.52. The van der Waals surface area contributed by atoms with Gasteiger partial charge in [-0.25, -0.2) is 4.39 Å². The molecule has 0 aliphatic heterocycles. The quantitative estimate of drug-likeness (QED) is 0.901. The molecule has 1 unspecified atom stereocenters. The molecule has 1 heterocycles. The molecule has 1 aromatic heterocycles. The van der Waals surface area contributed by atoms with Crippen LogP contribution < -0.4 is 5.32 Å². The molecule has 6 heteroatoms. The van der Waals surface area contributed by atoms with Crippen molar-refractivity contribution in [3.8, 4) is 0 Å². The fraction of sp³-hybridized carbons (Fsp3) is 0.154. The van der Waals surface area contributed by atoms with Crippen LogP contribution in [0, 0.1) is 5.82 Å². The van der Waals surface area contributed by atoms with Gasteiger partial charge in [0.2, 0.25) is 0 Å². The molecule has 0 saturated heterocycles.